The third-order valence-corrected chi connectivity index (χ3v) is 3.51. The first-order chi connectivity index (χ1) is 6.98. The van der Waals surface area contributed by atoms with Crippen LogP contribution in [0.3, 0.4) is 0 Å². The van der Waals surface area contributed by atoms with Crippen LogP contribution in [0.2, 0.25) is 5.02 Å². The van der Waals surface area contributed by atoms with Crippen molar-refractivity contribution in [3.05, 3.63) is 34.3 Å². The standard InChI is InChI=1S/C13H18ClN/c1-13(2,3)15-8-7-11-10(9-15)5-4-6-12(11)14/h4-6H,7-9H2,1-3H3. The molecule has 0 bridgehead atoms. The average Bonchev–Trinajstić information content (AvgIpc) is 2.16. The van der Waals surface area contributed by atoms with Gasteiger partial charge in [0.25, 0.3) is 0 Å². The maximum absolute atomic E-state index is 6.19. The summed E-state index contributed by atoms with van der Waals surface area (Å²) in [5, 5.41) is 0.932. The quantitative estimate of drug-likeness (QED) is 0.651. The summed E-state index contributed by atoms with van der Waals surface area (Å²) >= 11 is 6.19. The van der Waals surface area contributed by atoms with Gasteiger partial charge in [-0.15, -0.1) is 0 Å². The molecule has 0 saturated carbocycles. The third-order valence-electron chi connectivity index (χ3n) is 3.16. The van der Waals surface area contributed by atoms with Gasteiger partial charge in [-0.1, -0.05) is 23.7 Å². The predicted octanol–water partition coefficient (Wildman–Crippen LogP) is 3.50. The van der Waals surface area contributed by atoms with Crippen LogP contribution in [0, 0.1) is 0 Å². The molecule has 0 aromatic heterocycles. The Balaban J connectivity index is 2.28. The number of halogens is 1. The molecule has 1 aliphatic heterocycles. The summed E-state index contributed by atoms with van der Waals surface area (Å²) < 4.78 is 0. The van der Waals surface area contributed by atoms with Gasteiger partial charge in [0.1, 0.15) is 0 Å². The van der Waals surface area contributed by atoms with E-state index in [9.17, 15) is 0 Å². The predicted molar refractivity (Wildman–Crippen MR) is 65.3 cm³/mol. The van der Waals surface area contributed by atoms with E-state index in [1.807, 2.05) is 12.1 Å². The lowest BCUT2D eigenvalue weighted by Crippen LogP contribution is -2.44. The molecule has 0 atom stereocenters. The van der Waals surface area contributed by atoms with Crippen molar-refractivity contribution in [2.75, 3.05) is 6.54 Å². The minimum atomic E-state index is 0.250. The fourth-order valence-corrected chi connectivity index (χ4v) is 2.42. The molecule has 0 radical (unpaired) electrons. The van der Waals surface area contributed by atoms with Crippen LogP contribution >= 0.6 is 11.6 Å². The zero-order chi connectivity index (χ0) is 11.1. The molecule has 15 heavy (non-hydrogen) atoms. The highest BCUT2D eigenvalue weighted by atomic mass is 35.5. The number of nitrogens with zero attached hydrogens (tertiary/aromatic N) is 1. The van der Waals surface area contributed by atoms with E-state index >= 15 is 0 Å². The summed E-state index contributed by atoms with van der Waals surface area (Å²) in [6, 6.07) is 6.24. The highest BCUT2D eigenvalue weighted by Crippen LogP contribution is 2.29. The zero-order valence-corrected chi connectivity index (χ0v) is 10.4. The van der Waals surface area contributed by atoms with E-state index in [2.05, 4.69) is 31.7 Å². The second-order valence-electron chi connectivity index (χ2n) is 5.22. The molecular weight excluding hydrogens is 206 g/mol. The molecule has 1 nitrogen and oxygen atoms in total. The van der Waals surface area contributed by atoms with Gasteiger partial charge in [-0.2, -0.15) is 0 Å². The molecule has 2 rings (SSSR count). The van der Waals surface area contributed by atoms with E-state index in [0.717, 1.165) is 24.5 Å². The molecule has 0 saturated heterocycles. The lowest BCUT2D eigenvalue weighted by molar-refractivity contribution is 0.121. The number of benzene rings is 1. The van der Waals surface area contributed by atoms with E-state index in [4.69, 9.17) is 11.6 Å². The second kappa shape index (κ2) is 3.80. The largest absolute Gasteiger partial charge is 0.294 e. The molecule has 1 aliphatic rings. The minimum Gasteiger partial charge on any atom is -0.294 e. The smallest absolute Gasteiger partial charge is 0.0441 e. The molecule has 0 aliphatic carbocycles. The number of rotatable bonds is 0. The summed E-state index contributed by atoms with van der Waals surface area (Å²) in [7, 11) is 0. The summed E-state index contributed by atoms with van der Waals surface area (Å²) in [5.74, 6) is 0. The first-order valence-electron chi connectivity index (χ1n) is 5.50. The van der Waals surface area contributed by atoms with Crippen molar-refractivity contribution < 1.29 is 0 Å². The fourth-order valence-electron chi connectivity index (χ4n) is 2.14. The molecule has 0 amide bonds. The van der Waals surface area contributed by atoms with Crippen LogP contribution in [0.5, 0.6) is 0 Å². The van der Waals surface area contributed by atoms with Crippen molar-refractivity contribution in [2.24, 2.45) is 0 Å². The Morgan fingerprint density at radius 3 is 2.67 bits per heavy atom. The first-order valence-corrected chi connectivity index (χ1v) is 5.87. The highest BCUT2D eigenvalue weighted by molar-refractivity contribution is 6.31. The average molecular weight is 224 g/mol. The van der Waals surface area contributed by atoms with Gasteiger partial charge >= 0.3 is 0 Å². The third kappa shape index (κ3) is 2.19. The molecule has 1 aromatic rings. The van der Waals surface area contributed by atoms with Crippen molar-refractivity contribution in [2.45, 2.75) is 39.3 Å². The van der Waals surface area contributed by atoms with Crippen molar-refractivity contribution in [1.29, 1.82) is 0 Å². The SMILES string of the molecule is CC(C)(C)N1CCc2c(Cl)cccc2C1. The maximum Gasteiger partial charge on any atom is 0.0441 e. The van der Waals surface area contributed by atoms with Crippen LogP contribution in [0.15, 0.2) is 18.2 Å². The molecule has 0 spiro atoms. The van der Waals surface area contributed by atoms with E-state index in [1.54, 1.807) is 0 Å². The molecule has 2 heteroatoms. The summed E-state index contributed by atoms with van der Waals surface area (Å²) in [5.41, 5.74) is 2.99. The van der Waals surface area contributed by atoms with Gasteiger partial charge in [-0.25, -0.2) is 0 Å². The number of hydrogen-bond acceptors (Lipinski definition) is 1. The van der Waals surface area contributed by atoms with E-state index < -0.39 is 0 Å². The van der Waals surface area contributed by atoms with E-state index in [-0.39, 0.29) is 5.54 Å². The molecule has 0 fully saturated rings. The summed E-state index contributed by atoms with van der Waals surface area (Å²) in [4.78, 5) is 2.51. The second-order valence-corrected chi connectivity index (χ2v) is 5.63. The Morgan fingerprint density at radius 2 is 2.00 bits per heavy atom. The summed E-state index contributed by atoms with van der Waals surface area (Å²) in [6.07, 6.45) is 1.08. The fraction of sp³-hybridized carbons (Fsp3) is 0.538. The van der Waals surface area contributed by atoms with Gasteiger partial charge in [-0.3, -0.25) is 4.90 Å². The molecular formula is C13H18ClN. The monoisotopic (exact) mass is 223 g/mol. The van der Waals surface area contributed by atoms with Gasteiger partial charge in [0, 0.05) is 23.7 Å². The van der Waals surface area contributed by atoms with Crippen LogP contribution in [0.4, 0.5) is 0 Å². The first kappa shape index (κ1) is 11.0. The van der Waals surface area contributed by atoms with Gasteiger partial charge in [0.2, 0.25) is 0 Å². The highest BCUT2D eigenvalue weighted by Gasteiger charge is 2.26. The van der Waals surface area contributed by atoms with Crippen LogP contribution in [0.1, 0.15) is 31.9 Å². The van der Waals surface area contributed by atoms with Gasteiger partial charge in [0.15, 0.2) is 0 Å². The Labute approximate surface area is 97.0 Å². The molecule has 0 N–H and O–H groups in total. The maximum atomic E-state index is 6.19. The Bertz CT molecular complexity index is 365. The van der Waals surface area contributed by atoms with Gasteiger partial charge < -0.3 is 0 Å². The Hall–Kier alpha value is -0.530. The normalized spacial score (nSPS) is 17.6. The molecule has 82 valence electrons. The zero-order valence-electron chi connectivity index (χ0n) is 9.68. The Morgan fingerprint density at radius 1 is 1.27 bits per heavy atom. The van der Waals surface area contributed by atoms with Crippen molar-refractivity contribution >= 4 is 11.6 Å². The van der Waals surface area contributed by atoms with Crippen LogP contribution in [-0.4, -0.2) is 17.0 Å². The van der Waals surface area contributed by atoms with Crippen molar-refractivity contribution in [1.82, 2.24) is 4.90 Å². The lowest BCUT2D eigenvalue weighted by atomic mass is 9.95. The van der Waals surface area contributed by atoms with Crippen LogP contribution in [0.25, 0.3) is 0 Å². The van der Waals surface area contributed by atoms with Crippen LogP contribution in [-0.2, 0) is 13.0 Å². The number of fused-ring (bicyclic) bond motifs is 1. The van der Waals surface area contributed by atoms with Gasteiger partial charge in [-0.05, 0) is 44.4 Å². The minimum absolute atomic E-state index is 0.250. The molecule has 1 aromatic carbocycles. The van der Waals surface area contributed by atoms with E-state index in [1.165, 1.54) is 11.1 Å². The van der Waals surface area contributed by atoms with Crippen molar-refractivity contribution in [3.8, 4) is 0 Å². The van der Waals surface area contributed by atoms with E-state index in [0.29, 0.717) is 0 Å². The number of hydrogen-bond donors (Lipinski definition) is 0. The van der Waals surface area contributed by atoms with Crippen LogP contribution < -0.4 is 0 Å². The summed E-state index contributed by atoms with van der Waals surface area (Å²) in [6.45, 7) is 8.94. The molecule has 1 heterocycles. The van der Waals surface area contributed by atoms with Crippen molar-refractivity contribution in [3.63, 3.8) is 0 Å². The van der Waals surface area contributed by atoms with Gasteiger partial charge in [0.05, 0.1) is 0 Å². The Kier molecular flexibility index (Phi) is 2.78. The lowest BCUT2D eigenvalue weighted by Gasteiger charge is -2.39. The molecule has 0 unspecified atom stereocenters. The topological polar surface area (TPSA) is 3.24 Å².